The number of benzene rings is 1. The molecule has 0 radical (unpaired) electrons. The van der Waals surface area contributed by atoms with E-state index in [2.05, 4.69) is 32.2 Å². The highest BCUT2D eigenvalue weighted by atomic mass is 35.5. The van der Waals surface area contributed by atoms with E-state index in [1.807, 2.05) is 12.1 Å². The number of anilines is 1. The van der Waals surface area contributed by atoms with E-state index in [-0.39, 0.29) is 0 Å². The van der Waals surface area contributed by atoms with Crippen LogP contribution in [-0.4, -0.2) is 6.54 Å². The molecule has 14 heavy (non-hydrogen) atoms. The quantitative estimate of drug-likeness (QED) is 0.684. The Morgan fingerprint density at radius 1 is 1.36 bits per heavy atom. The van der Waals surface area contributed by atoms with Crippen LogP contribution < -0.4 is 5.32 Å². The molecular weight excluding hydrogens is 194 g/mol. The average molecular weight is 210 g/mol. The van der Waals surface area contributed by atoms with Crippen molar-refractivity contribution >= 4 is 17.3 Å². The maximum absolute atomic E-state index is 5.95. The summed E-state index contributed by atoms with van der Waals surface area (Å²) in [5.74, 6) is 0.592. The summed E-state index contributed by atoms with van der Waals surface area (Å²) in [6.07, 6.45) is 0. The van der Waals surface area contributed by atoms with E-state index in [1.54, 1.807) is 0 Å². The molecule has 1 aromatic carbocycles. The minimum Gasteiger partial charge on any atom is -0.384 e. The van der Waals surface area contributed by atoms with Crippen molar-refractivity contribution in [3.8, 4) is 0 Å². The Labute approximate surface area is 90.5 Å². The minimum atomic E-state index is 0.312. The van der Waals surface area contributed by atoms with Gasteiger partial charge in [-0.3, -0.25) is 0 Å². The second kappa shape index (κ2) is 3.16. The highest BCUT2D eigenvalue weighted by molar-refractivity contribution is 6.30. The third kappa shape index (κ3) is 1.61. The third-order valence-electron chi connectivity index (χ3n) is 2.93. The molecule has 0 saturated heterocycles. The van der Waals surface area contributed by atoms with Crippen LogP contribution in [0.25, 0.3) is 0 Å². The summed E-state index contributed by atoms with van der Waals surface area (Å²) in [5, 5.41) is 4.22. The first-order valence-corrected chi connectivity index (χ1v) is 5.39. The lowest BCUT2D eigenvalue weighted by Crippen LogP contribution is -2.19. The predicted molar refractivity (Wildman–Crippen MR) is 62.1 cm³/mol. The van der Waals surface area contributed by atoms with E-state index in [0.29, 0.717) is 11.3 Å². The zero-order valence-corrected chi connectivity index (χ0v) is 9.65. The largest absolute Gasteiger partial charge is 0.384 e. The normalized spacial score (nSPS) is 20.4. The number of hydrogen-bond acceptors (Lipinski definition) is 1. The molecule has 0 aliphatic carbocycles. The average Bonchev–Trinajstić information content (AvgIpc) is 2.45. The standard InChI is InChI=1S/C12H16ClN/c1-12(2,3)10-7-14-11-6-8(13)4-5-9(10)11/h4-6,10,14H,7H2,1-3H3. The van der Waals surface area contributed by atoms with Crippen LogP contribution in [0.3, 0.4) is 0 Å². The molecule has 0 aromatic heterocycles. The smallest absolute Gasteiger partial charge is 0.0426 e. The highest BCUT2D eigenvalue weighted by Gasteiger charge is 2.31. The van der Waals surface area contributed by atoms with E-state index in [0.717, 1.165) is 11.6 Å². The van der Waals surface area contributed by atoms with Gasteiger partial charge in [-0.1, -0.05) is 38.4 Å². The van der Waals surface area contributed by atoms with Gasteiger partial charge >= 0.3 is 0 Å². The van der Waals surface area contributed by atoms with Gasteiger partial charge in [0.25, 0.3) is 0 Å². The molecule has 1 aliphatic heterocycles. The van der Waals surface area contributed by atoms with Crippen LogP contribution in [0.4, 0.5) is 5.69 Å². The van der Waals surface area contributed by atoms with E-state index < -0.39 is 0 Å². The molecule has 1 aromatic rings. The van der Waals surface area contributed by atoms with Gasteiger partial charge in [0, 0.05) is 23.2 Å². The molecule has 76 valence electrons. The maximum atomic E-state index is 5.95. The Bertz CT molecular complexity index is 352. The Morgan fingerprint density at radius 2 is 2.07 bits per heavy atom. The van der Waals surface area contributed by atoms with Crippen LogP contribution in [0.15, 0.2) is 18.2 Å². The Hall–Kier alpha value is -0.690. The van der Waals surface area contributed by atoms with Gasteiger partial charge in [-0.05, 0) is 23.1 Å². The van der Waals surface area contributed by atoms with Crippen molar-refractivity contribution in [3.05, 3.63) is 28.8 Å². The van der Waals surface area contributed by atoms with Crippen LogP contribution in [0.2, 0.25) is 5.02 Å². The second-order valence-electron chi connectivity index (χ2n) is 5.03. The van der Waals surface area contributed by atoms with Gasteiger partial charge in [0.05, 0.1) is 0 Å². The van der Waals surface area contributed by atoms with Gasteiger partial charge in [0.2, 0.25) is 0 Å². The first-order chi connectivity index (χ1) is 6.48. The summed E-state index contributed by atoms with van der Waals surface area (Å²) in [7, 11) is 0. The zero-order valence-electron chi connectivity index (χ0n) is 8.89. The molecule has 1 nitrogen and oxygen atoms in total. The number of hydrogen-bond donors (Lipinski definition) is 1. The van der Waals surface area contributed by atoms with Crippen molar-refractivity contribution in [2.24, 2.45) is 5.41 Å². The van der Waals surface area contributed by atoms with Crippen molar-refractivity contribution in [3.63, 3.8) is 0 Å². The molecule has 1 unspecified atom stereocenters. The summed E-state index contributed by atoms with van der Waals surface area (Å²) in [6.45, 7) is 7.87. The van der Waals surface area contributed by atoms with Crippen molar-refractivity contribution in [2.75, 3.05) is 11.9 Å². The molecule has 1 aliphatic rings. The topological polar surface area (TPSA) is 12.0 Å². The minimum absolute atomic E-state index is 0.312. The summed E-state index contributed by atoms with van der Waals surface area (Å²) in [6, 6.07) is 6.14. The van der Waals surface area contributed by atoms with Gasteiger partial charge in [0.15, 0.2) is 0 Å². The van der Waals surface area contributed by atoms with Crippen LogP contribution in [0.5, 0.6) is 0 Å². The number of nitrogens with one attached hydrogen (secondary N) is 1. The summed E-state index contributed by atoms with van der Waals surface area (Å²) in [5.41, 5.74) is 2.92. The van der Waals surface area contributed by atoms with Gasteiger partial charge in [-0.2, -0.15) is 0 Å². The fourth-order valence-corrected chi connectivity index (χ4v) is 2.25. The Kier molecular flexibility index (Phi) is 2.23. The molecule has 0 bridgehead atoms. The number of halogens is 1. The number of rotatable bonds is 0. The van der Waals surface area contributed by atoms with Crippen molar-refractivity contribution < 1.29 is 0 Å². The van der Waals surface area contributed by atoms with Gasteiger partial charge in [-0.25, -0.2) is 0 Å². The van der Waals surface area contributed by atoms with Gasteiger partial charge in [-0.15, -0.1) is 0 Å². The van der Waals surface area contributed by atoms with E-state index >= 15 is 0 Å². The zero-order chi connectivity index (χ0) is 10.3. The van der Waals surface area contributed by atoms with Gasteiger partial charge in [0.1, 0.15) is 0 Å². The molecule has 0 spiro atoms. The molecule has 2 heteroatoms. The van der Waals surface area contributed by atoms with Crippen molar-refractivity contribution in [1.82, 2.24) is 0 Å². The first-order valence-electron chi connectivity index (χ1n) is 5.02. The van der Waals surface area contributed by atoms with E-state index in [9.17, 15) is 0 Å². The predicted octanol–water partition coefficient (Wildman–Crippen LogP) is 3.90. The molecule has 0 fully saturated rings. The lowest BCUT2D eigenvalue weighted by molar-refractivity contribution is 0.339. The molecule has 0 saturated carbocycles. The Morgan fingerprint density at radius 3 is 2.71 bits per heavy atom. The summed E-state index contributed by atoms with van der Waals surface area (Å²) in [4.78, 5) is 0. The van der Waals surface area contributed by atoms with E-state index in [4.69, 9.17) is 11.6 Å². The maximum Gasteiger partial charge on any atom is 0.0426 e. The lowest BCUT2D eigenvalue weighted by Gasteiger charge is -2.26. The number of fused-ring (bicyclic) bond motifs is 1. The Balaban J connectivity index is 2.41. The van der Waals surface area contributed by atoms with Crippen LogP contribution in [-0.2, 0) is 0 Å². The van der Waals surface area contributed by atoms with Gasteiger partial charge < -0.3 is 5.32 Å². The first kappa shape index (κ1) is 9.85. The molecular formula is C12H16ClN. The van der Waals surface area contributed by atoms with Crippen molar-refractivity contribution in [2.45, 2.75) is 26.7 Å². The van der Waals surface area contributed by atoms with Crippen molar-refractivity contribution in [1.29, 1.82) is 0 Å². The van der Waals surface area contributed by atoms with Crippen LogP contribution in [0, 0.1) is 5.41 Å². The molecule has 2 rings (SSSR count). The fourth-order valence-electron chi connectivity index (χ4n) is 2.08. The summed E-state index contributed by atoms with van der Waals surface area (Å²) >= 11 is 5.95. The third-order valence-corrected chi connectivity index (χ3v) is 3.17. The van der Waals surface area contributed by atoms with E-state index in [1.165, 1.54) is 11.3 Å². The second-order valence-corrected chi connectivity index (χ2v) is 5.47. The molecule has 1 atom stereocenters. The monoisotopic (exact) mass is 209 g/mol. The van der Waals surface area contributed by atoms with Crippen LogP contribution in [0.1, 0.15) is 32.3 Å². The fraction of sp³-hybridized carbons (Fsp3) is 0.500. The van der Waals surface area contributed by atoms with Crippen LogP contribution >= 0.6 is 11.6 Å². The molecule has 1 heterocycles. The lowest BCUT2D eigenvalue weighted by atomic mass is 9.78. The molecule has 0 amide bonds. The SMILES string of the molecule is CC(C)(C)C1CNc2cc(Cl)ccc21. The highest BCUT2D eigenvalue weighted by Crippen LogP contribution is 2.43. The molecule has 1 N–H and O–H groups in total. The summed E-state index contributed by atoms with van der Waals surface area (Å²) < 4.78 is 0.